The number of carbonyl (C=O) groups is 1. The van der Waals surface area contributed by atoms with E-state index in [1.165, 1.54) is 0 Å². The maximum atomic E-state index is 12.5. The Kier molecular flexibility index (Phi) is 7.73. The first kappa shape index (κ1) is 22.9. The lowest BCUT2D eigenvalue weighted by Crippen LogP contribution is -2.36. The molecule has 1 aliphatic heterocycles. The van der Waals surface area contributed by atoms with Crippen molar-refractivity contribution in [3.05, 3.63) is 29.6 Å². The van der Waals surface area contributed by atoms with Gasteiger partial charge in [0.25, 0.3) is 5.91 Å². The molecule has 9 heteroatoms. The van der Waals surface area contributed by atoms with Crippen molar-refractivity contribution in [3.63, 3.8) is 0 Å². The van der Waals surface area contributed by atoms with Gasteiger partial charge in [-0.1, -0.05) is 5.21 Å². The Morgan fingerprint density at radius 2 is 1.81 bits per heavy atom. The van der Waals surface area contributed by atoms with Gasteiger partial charge in [-0.25, -0.2) is 4.68 Å². The van der Waals surface area contributed by atoms with E-state index in [2.05, 4.69) is 15.2 Å². The van der Waals surface area contributed by atoms with Crippen LogP contribution in [0.25, 0.3) is 0 Å². The molecule has 1 aromatic carbocycles. The molecule has 9 nitrogen and oxygen atoms in total. The summed E-state index contributed by atoms with van der Waals surface area (Å²) < 4.78 is 18.2. The third kappa shape index (κ3) is 5.10. The van der Waals surface area contributed by atoms with Gasteiger partial charge in [-0.05, 0) is 50.9 Å². The molecule has 1 aromatic heterocycles. The van der Waals surface area contributed by atoms with Crippen molar-refractivity contribution in [2.75, 3.05) is 47.5 Å². The molecule has 0 saturated carbocycles. The molecule has 1 atom stereocenters. The second kappa shape index (κ2) is 10.5. The van der Waals surface area contributed by atoms with E-state index in [1.807, 2.05) is 30.7 Å². The van der Waals surface area contributed by atoms with Crippen LogP contribution in [-0.2, 0) is 6.54 Å². The number of likely N-dealkylation sites (tertiary alicyclic amines) is 1. The molecular weight excluding hydrogens is 398 g/mol. The fourth-order valence-corrected chi connectivity index (χ4v) is 4.10. The molecule has 2 aromatic rings. The molecule has 0 aliphatic carbocycles. The van der Waals surface area contributed by atoms with Crippen molar-refractivity contribution in [1.82, 2.24) is 24.8 Å². The fraction of sp³-hybridized carbons (Fsp3) is 0.591. The van der Waals surface area contributed by atoms with Gasteiger partial charge >= 0.3 is 0 Å². The minimum Gasteiger partial charge on any atom is -0.493 e. The Hall–Kier alpha value is -2.81. The molecule has 1 unspecified atom stereocenters. The number of carbonyl (C=O) groups excluding carboxylic acids is 1. The Bertz CT molecular complexity index is 856. The van der Waals surface area contributed by atoms with Crippen LogP contribution in [0.3, 0.4) is 0 Å². The number of benzene rings is 1. The molecule has 0 radical (unpaired) electrons. The summed E-state index contributed by atoms with van der Waals surface area (Å²) in [5.41, 5.74) is 1.50. The van der Waals surface area contributed by atoms with E-state index in [1.54, 1.807) is 32.4 Å². The molecule has 170 valence electrons. The molecular formula is C22H33N5O4. The van der Waals surface area contributed by atoms with Crippen LogP contribution in [-0.4, -0.2) is 78.2 Å². The zero-order chi connectivity index (χ0) is 22.4. The third-order valence-electron chi connectivity index (χ3n) is 5.77. The summed E-state index contributed by atoms with van der Waals surface area (Å²) in [6.07, 6.45) is 3.84. The van der Waals surface area contributed by atoms with E-state index in [4.69, 9.17) is 14.2 Å². The van der Waals surface area contributed by atoms with Gasteiger partial charge in [0.1, 0.15) is 0 Å². The quantitative estimate of drug-likeness (QED) is 0.604. The molecule has 31 heavy (non-hydrogen) atoms. The molecule has 1 saturated heterocycles. The predicted molar refractivity (Wildman–Crippen MR) is 117 cm³/mol. The first-order valence-electron chi connectivity index (χ1n) is 10.8. The lowest BCUT2D eigenvalue weighted by Gasteiger charge is -2.32. The van der Waals surface area contributed by atoms with Gasteiger partial charge in [0.2, 0.25) is 5.75 Å². The first-order chi connectivity index (χ1) is 15.0. The van der Waals surface area contributed by atoms with Gasteiger partial charge in [0.15, 0.2) is 17.2 Å². The van der Waals surface area contributed by atoms with Crippen molar-refractivity contribution in [2.24, 2.45) is 0 Å². The van der Waals surface area contributed by atoms with E-state index in [9.17, 15) is 4.79 Å². The number of rotatable bonds is 9. The Morgan fingerprint density at radius 1 is 1.13 bits per heavy atom. The second-order valence-corrected chi connectivity index (χ2v) is 7.63. The maximum Gasteiger partial charge on any atom is 0.276 e. The van der Waals surface area contributed by atoms with Crippen LogP contribution < -0.4 is 14.2 Å². The number of ether oxygens (including phenoxy) is 3. The van der Waals surface area contributed by atoms with Gasteiger partial charge in [0.05, 0.1) is 33.6 Å². The average molecular weight is 432 g/mol. The molecule has 0 bridgehead atoms. The van der Waals surface area contributed by atoms with Gasteiger partial charge < -0.3 is 19.1 Å². The predicted octanol–water partition coefficient (Wildman–Crippen LogP) is 2.62. The molecule has 1 aliphatic rings. The summed E-state index contributed by atoms with van der Waals surface area (Å²) in [6, 6.07) is 4.16. The van der Waals surface area contributed by atoms with E-state index < -0.39 is 0 Å². The maximum absolute atomic E-state index is 12.5. The average Bonchev–Trinajstić information content (AvgIpc) is 3.29. The van der Waals surface area contributed by atoms with Crippen LogP contribution in [0.1, 0.15) is 48.8 Å². The highest BCUT2D eigenvalue weighted by molar-refractivity contribution is 5.91. The number of hydrogen-bond donors (Lipinski definition) is 0. The molecule has 1 fully saturated rings. The van der Waals surface area contributed by atoms with Crippen molar-refractivity contribution in [1.29, 1.82) is 0 Å². The number of amides is 1. The van der Waals surface area contributed by atoms with Crippen LogP contribution in [0.2, 0.25) is 0 Å². The van der Waals surface area contributed by atoms with E-state index in [0.717, 1.165) is 38.0 Å². The topological polar surface area (TPSA) is 82.0 Å². The summed E-state index contributed by atoms with van der Waals surface area (Å²) in [4.78, 5) is 16.7. The number of aromatic nitrogens is 3. The monoisotopic (exact) mass is 431 g/mol. The normalized spacial score (nSPS) is 16.7. The molecule has 0 N–H and O–H groups in total. The van der Waals surface area contributed by atoms with Crippen LogP contribution in [0.15, 0.2) is 18.3 Å². The number of hydrogen-bond acceptors (Lipinski definition) is 7. The Balaban J connectivity index is 1.71. The summed E-state index contributed by atoms with van der Waals surface area (Å²) in [5, 5.41) is 8.40. The Labute approximate surface area is 183 Å². The van der Waals surface area contributed by atoms with Crippen LogP contribution in [0.4, 0.5) is 0 Å². The molecule has 3 rings (SSSR count). The largest absolute Gasteiger partial charge is 0.493 e. The minimum atomic E-state index is -0.0682. The summed E-state index contributed by atoms with van der Waals surface area (Å²) in [7, 11) is 4.85. The van der Waals surface area contributed by atoms with E-state index in [0.29, 0.717) is 36.0 Å². The first-order valence-corrected chi connectivity index (χ1v) is 10.8. The summed E-state index contributed by atoms with van der Waals surface area (Å²) in [5.74, 6) is 1.84. The van der Waals surface area contributed by atoms with Crippen molar-refractivity contribution >= 4 is 5.91 Å². The molecule has 2 heterocycles. The van der Waals surface area contributed by atoms with Gasteiger partial charge in [-0.2, -0.15) is 0 Å². The highest BCUT2D eigenvalue weighted by Gasteiger charge is 2.25. The van der Waals surface area contributed by atoms with Crippen molar-refractivity contribution in [3.8, 4) is 17.2 Å². The zero-order valence-corrected chi connectivity index (χ0v) is 19.1. The summed E-state index contributed by atoms with van der Waals surface area (Å²) in [6.45, 7) is 7.84. The van der Waals surface area contributed by atoms with Gasteiger partial charge in [-0.3, -0.25) is 9.69 Å². The smallest absolute Gasteiger partial charge is 0.276 e. The Morgan fingerprint density at radius 3 is 2.39 bits per heavy atom. The summed E-state index contributed by atoms with van der Waals surface area (Å²) >= 11 is 0. The minimum absolute atomic E-state index is 0.0682. The van der Waals surface area contributed by atoms with Crippen molar-refractivity contribution < 1.29 is 19.0 Å². The van der Waals surface area contributed by atoms with E-state index >= 15 is 0 Å². The number of methoxy groups -OCH3 is 3. The van der Waals surface area contributed by atoms with Crippen LogP contribution in [0, 0.1) is 0 Å². The van der Waals surface area contributed by atoms with E-state index in [-0.39, 0.29) is 11.9 Å². The molecule has 0 spiro atoms. The fourth-order valence-electron chi connectivity index (χ4n) is 4.10. The second-order valence-electron chi connectivity index (χ2n) is 7.63. The lowest BCUT2D eigenvalue weighted by molar-refractivity contribution is 0.0767. The van der Waals surface area contributed by atoms with Gasteiger partial charge in [-0.15, -0.1) is 5.10 Å². The zero-order valence-electron chi connectivity index (χ0n) is 19.1. The lowest BCUT2D eigenvalue weighted by atomic mass is 10.0. The van der Waals surface area contributed by atoms with Crippen LogP contribution in [0.5, 0.6) is 17.2 Å². The highest BCUT2D eigenvalue weighted by Crippen LogP contribution is 2.38. The van der Waals surface area contributed by atoms with Crippen LogP contribution >= 0.6 is 0 Å². The number of nitrogens with zero attached hydrogens (tertiary/aromatic N) is 5. The standard InChI is InChI=1S/C22H33N5O4/c1-6-26(7-2)22(28)18-15-27(24-23-18)17-9-8-10-25(14-17)13-16-11-19(29-3)21(31-5)20(12-16)30-4/h11-12,15,17H,6-10,13-14H2,1-5H3. The third-order valence-corrected chi connectivity index (χ3v) is 5.77. The molecule has 1 amide bonds. The van der Waals surface area contributed by atoms with Crippen molar-refractivity contribution in [2.45, 2.75) is 39.3 Å². The highest BCUT2D eigenvalue weighted by atomic mass is 16.5. The SMILES string of the molecule is CCN(CC)C(=O)c1cn(C2CCCN(Cc3cc(OC)c(OC)c(OC)c3)C2)nn1. The van der Waals surface area contributed by atoms with Gasteiger partial charge in [0, 0.05) is 26.2 Å². The number of piperidine rings is 1.